The molecule has 0 fully saturated rings. The molecule has 1 N–H and O–H groups in total. The van der Waals surface area contributed by atoms with Gasteiger partial charge in [-0.2, -0.15) is 16.9 Å². The highest BCUT2D eigenvalue weighted by molar-refractivity contribution is 7.98. The maximum atomic E-state index is 12.4. The van der Waals surface area contributed by atoms with Crippen LogP contribution in [0.3, 0.4) is 0 Å². The van der Waals surface area contributed by atoms with Gasteiger partial charge < -0.3 is 5.32 Å². The molecular formula is C19H18ClN3O2S2. The minimum Gasteiger partial charge on any atom is -0.350 e. The number of nitrogens with zero attached hydrogens (tertiary/aromatic N) is 2. The van der Waals surface area contributed by atoms with Crippen LogP contribution in [-0.4, -0.2) is 28.0 Å². The normalized spacial score (nSPS) is 10.7. The maximum absolute atomic E-state index is 12.4. The third kappa shape index (κ3) is 5.00. The molecule has 0 saturated heterocycles. The Morgan fingerprint density at radius 2 is 2.11 bits per heavy atom. The van der Waals surface area contributed by atoms with Crippen LogP contribution in [-0.2, 0) is 5.75 Å². The lowest BCUT2D eigenvalue weighted by atomic mass is 10.2. The fraction of sp³-hybridized carbons (Fsp3) is 0.211. The van der Waals surface area contributed by atoms with Gasteiger partial charge in [-0.1, -0.05) is 29.8 Å². The summed E-state index contributed by atoms with van der Waals surface area (Å²) in [6, 6.07) is 12.7. The molecule has 27 heavy (non-hydrogen) atoms. The average molecular weight is 420 g/mol. The molecule has 0 aliphatic heterocycles. The van der Waals surface area contributed by atoms with Gasteiger partial charge in [-0.05, 0) is 30.5 Å². The van der Waals surface area contributed by atoms with E-state index in [1.807, 2.05) is 23.6 Å². The van der Waals surface area contributed by atoms with Gasteiger partial charge in [-0.15, -0.1) is 11.3 Å². The van der Waals surface area contributed by atoms with Crippen molar-refractivity contribution in [2.75, 3.05) is 12.3 Å². The molecule has 5 nitrogen and oxygen atoms in total. The second-order valence-electron chi connectivity index (χ2n) is 5.75. The van der Waals surface area contributed by atoms with E-state index >= 15 is 0 Å². The van der Waals surface area contributed by atoms with Gasteiger partial charge in [0.1, 0.15) is 0 Å². The topological polar surface area (TPSA) is 64.0 Å². The first kappa shape index (κ1) is 19.7. The number of carbonyl (C=O) groups is 1. The number of carbonyl (C=O) groups excluding carboxylic acids is 1. The molecule has 8 heteroatoms. The van der Waals surface area contributed by atoms with E-state index in [9.17, 15) is 9.59 Å². The molecule has 1 aromatic carbocycles. The minimum absolute atomic E-state index is 0.135. The van der Waals surface area contributed by atoms with Gasteiger partial charge in [0.05, 0.1) is 10.7 Å². The van der Waals surface area contributed by atoms with E-state index in [1.54, 1.807) is 42.2 Å². The van der Waals surface area contributed by atoms with Gasteiger partial charge >= 0.3 is 0 Å². The van der Waals surface area contributed by atoms with Crippen molar-refractivity contribution in [1.82, 2.24) is 15.1 Å². The van der Waals surface area contributed by atoms with Gasteiger partial charge in [-0.25, -0.2) is 4.68 Å². The highest BCUT2D eigenvalue weighted by Crippen LogP contribution is 2.20. The number of thiophene rings is 1. The molecule has 0 unspecified atom stereocenters. The first-order valence-electron chi connectivity index (χ1n) is 8.30. The highest BCUT2D eigenvalue weighted by atomic mass is 35.5. The number of nitrogens with one attached hydrogen (secondary N) is 1. The molecule has 0 atom stereocenters. The summed E-state index contributed by atoms with van der Waals surface area (Å²) in [5.41, 5.74) is 0.691. The van der Waals surface area contributed by atoms with Gasteiger partial charge in [0.15, 0.2) is 5.69 Å². The van der Waals surface area contributed by atoms with Crippen LogP contribution >= 0.6 is 34.7 Å². The van der Waals surface area contributed by atoms with Crippen molar-refractivity contribution in [1.29, 1.82) is 0 Å². The van der Waals surface area contributed by atoms with Crippen molar-refractivity contribution in [2.24, 2.45) is 0 Å². The molecule has 140 valence electrons. The van der Waals surface area contributed by atoms with E-state index in [0.29, 0.717) is 22.9 Å². The fourth-order valence-electron chi connectivity index (χ4n) is 2.46. The maximum Gasteiger partial charge on any atom is 0.275 e. The van der Waals surface area contributed by atoms with Gasteiger partial charge in [0, 0.05) is 34.7 Å². The van der Waals surface area contributed by atoms with Crippen molar-refractivity contribution >= 4 is 40.6 Å². The number of aromatic nitrogens is 2. The molecule has 0 aliphatic rings. The Labute approximate surface area is 170 Å². The zero-order chi connectivity index (χ0) is 19.2. The highest BCUT2D eigenvalue weighted by Gasteiger charge is 2.15. The summed E-state index contributed by atoms with van der Waals surface area (Å²) in [6.07, 6.45) is 0. The van der Waals surface area contributed by atoms with E-state index in [0.717, 1.165) is 11.5 Å². The SMILES string of the molecule is Cc1cc(=O)c(C(=O)NCCSCc2cccs2)nn1-c1ccccc1Cl. The van der Waals surface area contributed by atoms with Crippen LogP contribution in [0, 0.1) is 6.92 Å². The summed E-state index contributed by atoms with van der Waals surface area (Å²) >= 11 is 9.67. The van der Waals surface area contributed by atoms with Crippen LogP contribution < -0.4 is 10.7 Å². The first-order chi connectivity index (χ1) is 13.1. The van der Waals surface area contributed by atoms with Crippen molar-refractivity contribution in [3.05, 3.63) is 79.4 Å². The van der Waals surface area contributed by atoms with E-state index < -0.39 is 11.3 Å². The molecule has 0 bridgehead atoms. The minimum atomic E-state index is -0.475. The van der Waals surface area contributed by atoms with E-state index in [-0.39, 0.29) is 5.69 Å². The Bertz CT molecular complexity index is 987. The lowest BCUT2D eigenvalue weighted by molar-refractivity contribution is 0.0948. The third-order valence-corrected chi connectivity index (χ3v) is 6.15. The monoisotopic (exact) mass is 419 g/mol. The molecule has 3 rings (SSSR count). The van der Waals surface area contributed by atoms with Crippen LogP contribution in [0.25, 0.3) is 5.69 Å². The Hall–Kier alpha value is -2.09. The van der Waals surface area contributed by atoms with E-state index in [4.69, 9.17) is 11.6 Å². The number of halogens is 1. The zero-order valence-corrected chi connectivity index (χ0v) is 17.0. The van der Waals surface area contributed by atoms with Crippen LogP contribution in [0.5, 0.6) is 0 Å². The summed E-state index contributed by atoms with van der Waals surface area (Å²) in [5.74, 6) is 1.20. The van der Waals surface area contributed by atoms with E-state index in [2.05, 4.69) is 16.5 Å². The Morgan fingerprint density at radius 3 is 2.85 bits per heavy atom. The summed E-state index contributed by atoms with van der Waals surface area (Å²) in [4.78, 5) is 25.9. The largest absolute Gasteiger partial charge is 0.350 e. The standard InChI is InChI=1S/C19H18ClN3O2S2/c1-13-11-17(24)18(22-23(13)16-7-3-2-6-15(16)20)19(25)21-8-10-26-12-14-5-4-9-27-14/h2-7,9,11H,8,10,12H2,1H3,(H,21,25). The number of thioether (sulfide) groups is 1. The second-order valence-corrected chi connectivity index (χ2v) is 8.29. The van der Waals surface area contributed by atoms with Crippen LogP contribution in [0.4, 0.5) is 0 Å². The number of benzene rings is 1. The van der Waals surface area contributed by atoms with Gasteiger partial charge in [0.25, 0.3) is 5.91 Å². The summed E-state index contributed by atoms with van der Waals surface area (Å²) < 4.78 is 1.52. The summed E-state index contributed by atoms with van der Waals surface area (Å²) in [6.45, 7) is 2.22. The van der Waals surface area contributed by atoms with Gasteiger partial charge in [-0.3, -0.25) is 9.59 Å². The van der Waals surface area contributed by atoms with Gasteiger partial charge in [0.2, 0.25) is 5.43 Å². The summed E-state index contributed by atoms with van der Waals surface area (Å²) in [7, 11) is 0. The predicted molar refractivity (Wildman–Crippen MR) is 112 cm³/mol. The lowest BCUT2D eigenvalue weighted by Gasteiger charge is -2.12. The van der Waals surface area contributed by atoms with Crippen molar-refractivity contribution in [2.45, 2.75) is 12.7 Å². The third-order valence-electron chi connectivity index (χ3n) is 3.76. The van der Waals surface area contributed by atoms with Crippen LogP contribution in [0.2, 0.25) is 5.02 Å². The molecule has 2 aromatic heterocycles. The fourth-order valence-corrected chi connectivity index (χ4v) is 4.38. The Balaban J connectivity index is 1.66. The smallest absolute Gasteiger partial charge is 0.275 e. The summed E-state index contributed by atoms with van der Waals surface area (Å²) in [5, 5.41) is 9.55. The molecule has 1 amide bonds. The molecule has 2 heterocycles. The number of hydrogen-bond donors (Lipinski definition) is 1. The van der Waals surface area contributed by atoms with Crippen molar-refractivity contribution in [3.8, 4) is 5.69 Å². The molecule has 0 spiro atoms. The molecule has 0 aliphatic carbocycles. The average Bonchev–Trinajstić information content (AvgIpc) is 3.16. The number of para-hydroxylation sites is 1. The van der Waals surface area contributed by atoms with Crippen LogP contribution in [0.1, 0.15) is 21.1 Å². The lowest BCUT2D eigenvalue weighted by Crippen LogP contribution is -2.33. The van der Waals surface area contributed by atoms with E-state index in [1.165, 1.54) is 15.6 Å². The molecule has 0 radical (unpaired) electrons. The molecular weight excluding hydrogens is 402 g/mol. The van der Waals surface area contributed by atoms with Crippen LogP contribution in [0.15, 0.2) is 52.6 Å². The predicted octanol–water partition coefficient (Wildman–Crippen LogP) is 3.92. The second kappa shape index (κ2) is 9.21. The zero-order valence-electron chi connectivity index (χ0n) is 14.6. The Kier molecular flexibility index (Phi) is 6.71. The number of aryl methyl sites for hydroxylation is 1. The van der Waals surface area contributed by atoms with Crippen molar-refractivity contribution < 1.29 is 4.79 Å². The quantitative estimate of drug-likeness (QED) is 0.589. The van der Waals surface area contributed by atoms with Crippen molar-refractivity contribution in [3.63, 3.8) is 0 Å². The molecule has 0 saturated carbocycles. The first-order valence-corrected chi connectivity index (χ1v) is 10.7. The Morgan fingerprint density at radius 1 is 1.30 bits per heavy atom. The number of amides is 1. The molecule has 3 aromatic rings. The number of hydrogen-bond acceptors (Lipinski definition) is 5. The number of rotatable bonds is 7.